The first-order valence-electron chi connectivity index (χ1n) is 11.2. The number of hydrogen-bond donors (Lipinski definition) is 1. The van der Waals surface area contributed by atoms with Crippen molar-refractivity contribution in [1.82, 2.24) is 14.9 Å². The smallest absolute Gasteiger partial charge is 0.272 e. The summed E-state index contributed by atoms with van der Waals surface area (Å²) in [6.07, 6.45) is 1.50. The molecule has 1 amide bonds. The summed E-state index contributed by atoms with van der Waals surface area (Å²) in [5.74, 6) is -0.0812. The average Bonchev–Trinajstić information content (AvgIpc) is 3.52. The van der Waals surface area contributed by atoms with E-state index in [2.05, 4.69) is 11.1 Å². The molecule has 0 unspecified atom stereocenters. The highest BCUT2D eigenvalue weighted by Gasteiger charge is 2.27. The maximum absolute atomic E-state index is 14.2. The number of carbonyl (C=O) groups excluding carboxylic acids is 1. The zero-order chi connectivity index (χ0) is 22.4. The number of pyridine rings is 1. The number of para-hydroxylation sites is 1. The van der Waals surface area contributed by atoms with Crippen molar-refractivity contribution in [2.24, 2.45) is 0 Å². The summed E-state index contributed by atoms with van der Waals surface area (Å²) in [4.78, 5) is 24.7. The first-order valence-corrected chi connectivity index (χ1v) is 12.1. The molecule has 6 heteroatoms. The molecule has 0 radical (unpaired) electrons. The number of hydrogen-bond acceptors (Lipinski definition) is 3. The van der Waals surface area contributed by atoms with Crippen LogP contribution in [0.2, 0.25) is 0 Å². The minimum Gasteiger partial charge on any atom is -0.353 e. The minimum absolute atomic E-state index is 0.0630. The first-order chi connectivity index (χ1) is 16.2. The van der Waals surface area contributed by atoms with E-state index < -0.39 is 0 Å². The molecule has 1 aliphatic heterocycles. The fourth-order valence-electron chi connectivity index (χ4n) is 4.91. The topological polar surface area (TPSA) is 49.0 Å². The molecule has 0 bridgehead atoms. The standard InChI is InChI=1S/C27H22FN3OS/c28-21-8-3-1-6-18(21)17-11-13-31(14-12-17)27(32)23-16-20-19-7-2-4-9-22(19)29-25(20)26(30-23)24-10-5-15-33-24/h1-10,15-17,29H,11-14H2. The summed E-state index contributed by atoms with van der Waals surface area (Å²) >= 11 is 1.61. The Morgan fingerprint density at radius 3 is 2.58 bits per heavy atom. The van der Waals surface area contributed by atoms with E-state index in [0.29, 0.717) is 18.8 Å². The highest BCUT2D eigenvalue weighted by Crippen LogP contribution is 2.35. The summed E-state index contributed by atoms with van der Waals surface area (Å²) in [7, 11) is 0. The Kier molecular flexibility index (Phi) is 4.95. The van der Waals surface area contributed by atoms with Gasteiger partial charge in [0, 0.05) is 29.4 Å². The van der Waals surface area contributed by atoms with Crippen molar-refractivity contribution in [3.63, 3.8) is 0 Å². The van der Waals surface area contributed by atoms with Crippen molar-refractivity contribution >= 4 is 39.0 Å². The molecule has 164 valence electrons. The van der Waals surface area contributed by atoms with E-state index in [-0.39, 0.29) is 17.6 Å². The van der Waals surface area contributed by atoms with Crippen LogP contribution in [0, 0.1) is 5.82 Å². The van der Waals surface area contributed by atoms with Crippen molar-refractivity contribution in [3.8, 4) is 10.6 Å². The Balaban J connectivity index is 1.35. The summed E-state index contributed by atoms with van der Waals surface area (Å²) < 4.78 is 14.2. The zero-order valence-electron chi connectivity index (χ0n) is 17.9. The third-order valence-corrected chi connectivity index (χ3v) is 7.47. The quantitative estimate of drug-likeness (QED) is 0.333. The Hall–Kier alpha value is -3.51. The predicted molar refractivity (Wildman–Crippen MR) is 131 cm³/mol. The van der Waals surface area contributed by atoms with Crippen LogP contribution < -0.4 is 0 Å². The lowest BCUT2D eigenvalue weighted by Crippen LogP contribution is -2.38. The number of likely N-dealkylation sites (tertiary alicyclic amines) is 1. The van der Waals surface area contributed by atoms with Gasteiger partial charge in [-0.05, 0) is 54.0 Å². The summed E-state index contributed by atoms with van der Waals surface area (Å²) in [6, 6.07) is 21.0. The lowest BCUT2D eigenvalue weighted by Gasteiger charge is -2.32. The molecule has 5 aromatic rings. The van der Waals surface area contributed by atoms with Gasteiger partial charge in [-0.3, -0.25) is 4.79 Å². The van der Waals surface area contributed by atoms with Crippen LogP contribution in [0.1, 0.15) is 34.8 Å². The molecule has 1 fully saturated rings. The molecule has 0 aliphatic carbocycles. The number of aromatic nitrogens is 2. The van der Waals surface area contributed by atoms with Crippen LogP contribution in [-0.4, -0.2) is 33.9 Å². The van der Waals surface area contributed by atoms with Gasteiger partial charge in [0.05, 0.1) is 10.4 Å². The number of carbonyl (C=O) groups is 1. The molecule has 1 aliphatic rings. The van der Waals surface area contributed by atoms with Gasteiger partial charge >= 0.3 is 0 Å². The number of aromatic amines is 1. The van der Waals surface area contributed by atoms with Crippen LogP contribution >= 0.6 is 11.3 Å². The predicted octanol–water partition coefficient (Wildman–Crippen LogP) is 6.60. The summed E-state index contributed by atoms with van der Waals surface area (Å²) in [5.41, 5.74) is 4.00. The largest absolute Gasteiger partial charge is 0.353 e. The van der Waals surface area contributed by atoms with Crippen LogP contribution in [0.4, 0.5) is 4.39 Å². The van der Waals surface area contributed by atoms with Gasteiger partial charge in [-0.2, -0.15) is 0 Å². The maximum Gasteiger partial charge on any atom is 0.272 e. The second-order valence-electron chi connectivity index (χ2n) is 8.51. The van der Waals surface area contributed by atoms with E-state index in [0.717, 1.165) is 50.8 Å². The number of fused-ring (bicyclic) bond motifs is 3. The molecule has 4 nitrogen and oxygen atoms in total. The third kappa shape index (κ3) is 3.51. The highest BCUT2D eigenvalue weighted by molar-refractivity contribution is 7.13. The molecule has 0 atom stereocenters. The number of amides is 1. The second kappa shape index (κ2) is 8.12. The van der Waals surface area contributed by atoms with Gasteiger partial charge in [0.15, 0.2) is 0 Å². The summed E-state index contributed by atoms with van der Waals surface area (Å²) in [5, 5.41) is 4.11. The van der Waals surface area contributed by atoms with Gasteiger partial charge in [0.1, 0.15) is 17.2 Å². The maximum atomic E-state index is 14.2. The molecule has 2 aromatic carbocycles. The van der Waals surface area contributed by atoms with Crippen LogP contribution in [0.15, 0.2) is 72.1 Å². The molecule has 6 rings (SSSR count). The number of rotatable bonds is 3. The number of nitrogens with zero attached hydrogens (tertiary/aromatic N) is 2. The molecular weight excluding hydrogens is 433 g/mol. The van der Waals surface area contributed by atoms with Crippen molar-refractivity contribution < 1.29 is 9.18 Å². The molecular formula is C27H22FN3OS. The van der Waals surface area contributed by atoms with Crippen LogP contribution in [0.3, 0.4) is 0 Å². The van der Waals surface area contributed by atoms with Crippen LogP contribution in [0.25, 0.3) is 32.4 Å². The monoisotopic (exact) mass is 455 g/mol. The summed E-state index contributed by atoms with van der Waals surface area (Å²) in [6.45, 7) is 1.19. The Labute approximate surface area is 194 Å². The van der Waals surface area contributed by atoms with E-state index >= 15 is 0 Å². The number of halogens is 1. The van der Waals surface area contributed by atoms with Crippen LogP contribution in [0.5, 0.6) is 0 Å². The van der Waals surface area contributed by atoms with Gasteiger partial charge in [-0.25, -0.2) is 9.37 Å². The van der Waals surface area contributed by atoms with Gasteiger partial charge in [-0.1, -0.05) is 42.5 Å². The SMILES string of the molecule is O=C(c1cc2c([nH]c3ccccc32)c(-c2cccs2)n1)N1CCC(c2ccccc2F)CC1. The van der Waals surface area contributed by atoms with Gasteiger partial charge < -0.3 is 9.88 Å². The van der Waals surface area contributed by atoms with Crippen molar-refractivity contribution in [3.05, 3.63) is 89.2 Å². The Morgan fingerprint density at radius 2 is 1.79 bits per heavy atom. The van der Waals surface area contributed by atoms with Gasteiger partial charge in [0.2, 0.25) is 0 Å². The fraction of sp³-hybridized carbons (Fsp3) is 0.185. The van der Waals surface area contributed by atoms with E-state index in [1.165, 1.54) is 6.07 Å². The van der Waals surface area contributed by atoms with E-state index in [4.69, 9.17) is 4.98 Å². The Morgan fingerprint density at radius 1 is 1.00 bits per heavy atom. The highest BCUT2D eigenvalue weighted by atomic mass is 32.1. The molecule has 33 heavy (non-hydrogen) atoms. The normalized spacial score (nSPS) is 14.9. The third-order valence-electron chi connectivity index (χ3n) is 6.60. The zero-order valence-corrected chi connectivity index (χ0v) is 18.7. The Bertz CT molecular complexity index is 1470. The number of piperidine rings is 1. The molecule has 4 heterocycles. The molecule has 0 saturated carbocycles. The average molecular weight is 456 g/mol. The van der Waals surface area contributed by atoms with Crippen LogP contribution in [-0.2, 0) is 0 Å². The molecule has 1 N–H and O–H groups in total. The number of nitrogens with one attached hydrogen (secondary N) is 1. The molecule has 0 spiro atoms. The van der Waals surface area contributed by atoms with Gasteiger partial charge in [0.25, 0.3) is 5.91 Å². The van der Waals surface area contributed by atoms with Crippen molar-refractivity contribution in [2.75, 3.05) is 13.1 Å². The van der Waals surface area contributed by atoms with E-state index in [1.54, 1.807) is 17.4 Å². The fourth-order valence-corrected chi connectivity index (χ4v) is 5.63. The second-order valence-corrected chi connectivity index (χ2v) is 9.46. The number of benzene rings is 2. The number of H-pyrrole nitrogens is 1. The van der Waals surface area contributed by atoms with Crippen molar-refractivity contribution in [1.29, 1.82) is 0 Å². The first kappa shape index (κ1) is 20.1. The van der Waals surface area contributed by atoms with Gasteiger partial charge in [-0.15, -0.1) is 11.3 Å². The van der Waals surface area contributed by atoms with Crippen molar-refractivity contribution in [2.45, 2.75) is 18.8 Å². The number of thiophene rings is 1. The molecule has 1 saturated heterocycles. The van der Waals surface area contributed by atoms with E-state index in [1.807, 2.05) is 58.8 Å². The lowest BCUT2D eigenvalue weighted by atomic mass is 9.89. The lowest BCUT2D eigenvalue weighted by molar-refractivity contribution is 0.0707. The molecule has 3 aromatic heterocycles. The minimum atomic E-state index is -0.158. The van der Waals surface area contributed by atoms with E-state index in [9.17, 15) is 9.18 Å².